The predicted molar refractivity (Wildman–Crippen MR) is 68.0 cm³/mol. The number of carboxylic acids is 1. The molecule has 1 heterocycles. The highest BCUT2D eigenvalue weighted by atomic mass is 16.4. The van der Waals surface area contributed by atoms with Crippen LogP contribution in [0.15, 0.2) is 0 Å². The molecule has 1 amide bonds. The highest BCUT2D eigenvalue weighted by molar-refractivity contribution is 5.81. The van der Waals surface area contributed by atoms with Crippen molar-refractivity contribution in [2.75, 3.05) is 13.1 Å². The van der Waals surface area contributed by atoms with Gasteiger partial charge in [0.1, 0.15) is 0 Å². The Morgan fingerprint density at radius 3 is 2.17 bits per heavy atom. The molecule has 0 spiro atoms. The minimum Gasteiger partial charge on any atom is -0.481 e. The van der Waals surface area contributed by atoms with Crippen LogP contribution in [0.5, 0.6) is 0 Å². The van der Waals surface area contributed by atoms with E-state index in [9.17, 15) is 9.59 Å². The van der Waals surface area contributed by atoms with Crippen molar-refractivity contribution >= 4 is 11.9 Å². The van der Waals surface area contributed by atoms with Crippen LogP contribution >= 0.6 is 0 Å². The third kappa shape index (κ3) is 2.68. The number of carboxylic acid groups (broad SMARTS) is 1. The summed E-state index contributed by atoms with van der Waals surface area (Å²) >= 11 is 0. The van der Waals surface area contributed by atoms with Crippen LogP contribution in [0.1, 0.15) is 39.5 Å². The minimum absolute atomic E-state index is 0.0777. The molecule has 0 aromatic heterocycles. The number of likely N-dealkylation sites (tertiary alicyclic amines) is 1. The summed E-state index contributed by atoms with van der Waals surface area (Å²) in [6.45, 7) is 5.18. The van der Waals surface area contributed by atoms with E-state index in [2.05, 4.69) is 6.92 Å². The molecule has 1 saturated carbocycles. The molecule has 2 unspecified atom stereocenters. The second-order valence-electron chi connectivity index (χ2n) is 6.12. The maximum atomic E-state index is 12.4. The number of hydrogen-bond donors (Lipinski definition) is 1. The van der Waals surface area contributed by atoms with Crippen LogP contribution in [0.2, 0.25) is 0 Å². The van der Waals surface area contributed by atoms with E-state index in [1.54, 1.807) is 4.90 Å². The lowest BCUT2D eigenvalue weighted by atomic mass is 9.82. The van der Waals surface area contributed by atoms with Crippen molar-refractivity contribution in [2.45, 2.75) is 39.5 Å². The Morgan fingerprint density at radius 2 is 1.67 bits per heavy atom. The van der Waals surface area contributed by atoms with Gasteiger partial charge in [-0.2, -0.15) is 0 Å². The molecule has 2 rings (SSSR count). The van der Waals surface area contributed by atoms with Gasteiger partial charge in [-0.1, -0.05) is 13.8 Å². The van der Waals surface area contributed by atoms with Crippen LogP contribution < -0.4 is 0 Å². The van der Waals surface area contributed by atoms with Gasteiger partial charge in [-0.3, -0.25) is 9.59 Å². The monoisotopic (exact) mass is 253 g/mol. The minimum atomic E-state index is -0.768. The fourth-order valence-corrected chi connectivity index (χ4v) is 3.23. The summed E-state index contributed by atoms with van der Waals surface area (Å²) < 4.78 is 0. The van der Waals surface area contributed by atoms with E-state index < -0.39 is 5.97 Å². The third-order valence-electron chi connectivity index (χ3n) is 4.61. The van der Waals surface area contributed by atoms with Gasteiger partial charge in [0.25, 0.3) is 0 Å². The molecule has 0 bridgehead atoms. The van der Waals surface area contributed by atoms with Crippen molar-refractivity contribution in [3.63, 3.8) is 0 Å². The largest absolute Gasteiger partial charge is 0.481 e. The van der Waals surface area contributed by atoms with Crippen LogP contribution in [-0.2, 0) is 9.59 Å². The van der Waals surface area contributed by atoms with Crippen molar-refractivity contribution in [1.82, 2.24) is 4.90 Å². The van der Waals surface area contributed by atoms with E-state index in [-0.39, 0.29) is 23.7 Å². The summed E-state index contributed by atoms with van der Waals surface area (Å²) in [4.78, 5) is 25.2. The molecule has 18 heavy (non-hydrogen) atoms. The Hall–Kier alpha value is -1.06. The van der Waals surface area contributed by atoms with E-state index in [1.165, 1.54) is 0 Å². The Morgan fingerprint density at radius 1 is 1.06 bits per heavy atom. The Balaban J connectivity index is 1.92. The molecule has 2 fully saturated rings. The number of hydrogen-bond acceptors (Lipinski definition) is 2. The number of carbonyl (C=O) groups is 2. The molecule has 4 nitrogen and oxygen atoms in total. The maximum Gasteiger partial charge on any atom is 0.308 e. The SMILES string of the molecule is CC1CCC(C(=O)N2CC(C)C(C(=O)O)C2)CC1. The first-order valence-corrected chi connectivity index (χ1v) is 7.00. The van der Waals surface area contributed by atoms with Gasteiger partial charge in [-0.05, 0) is 37.5 Å². The molecule has 102 valence electrons. The molecule has 1 N–H and O–H groups in total. The van der Waals surface area contributed by atoms with Gasteiger partial charge in [0.2, 0.25) is 5.91 Å². The average Bonchev–Trinajstić information content (AvgIpc) is 2.71. The van der Waals surface area contributed by atoms with Crippen LogP contribution in [0.25, 0.3) is 0 Å². The number of aliphatic carboxylic acids is 1. The van der Waals surface area contributed by atoms with Crippen molar-refractivity contribution < 1.29 is 14.7 Å². The van der Waals surface area contributed by atoms with Crippen molar-refractivity contribution in [3.8, 4) is 0 Å². The van der Waals surface area contributed by atoms with E-state index in [1.807, 2.05) is 6.92 Å². The summed E-state index contributed by atoms with van der Waals surface area (Å²) in [6, 6.07) is 0. The van der Waals surface area contributed by atoms with Gasteiger partial charge >= 0.3 is 5.97 Å². The summed E-state index contributed by atoms with van der Waals surface area (Å²) in [5, 5.41) is 9.09. The topological polar surface area (TPSA) is 57.6 Å². The molecule has 0 aromatic carbocycles. The third-order valence-corrected chi connectivity index (χ3v) is 4.61. The Labute approximate surface area is 108 Å². The number of nitrogens with zero attached hydrogens (tertiary/aromatic N) is 1. The van der Waals surface area contributed by atoms with E-state index in [0.29, 0.717) is 13.1 Å². The summed E-state index contributed by atoms with van der Waals surface area (Å²) in [6.07, 6.45) is 4.20. The molecule has 4 heteroatoms. The zero-order valence-electron chi connectivity index (χ0n) is 11.3. The first-order valence-electron chi connectivity index (χ1n) is 7.00. The van der Waals surface area contributed by atoms with E-state index in [0.717, 1.165) is 31.6 Å². The zero-order valence-corrected chi connectivity index (χ0v) is 11.3. The van der Waals surface area contributed by atoms with Gasteiger partial charge in [0.15, 0.2) is 0 Å². The second kappa shape index (κ2) is 5.29. The molecular weight excluding hydrogens is 230 g/mol. The molecule has 0 radical (unpaired) electrons. The van der Waals surface area contributed by atoms with Gasteiger partial charge < -0.3 is 10.0 Å². The number of carbonyl (C=O) groups excluding carboxylic acids is 1. The van der Waals surface area contributed by atoms with Crippen LogP contribution in [0.4, 0.5) is 0 Å². The summed E-state index contributed by atoms with van der Waals surface area (Å²) in [5.74, 6) is -0.00254. The van der Waals surface area contributed by atoms with Crippen molar-refractivity contribution in [3.05, 3.63) is 0 Å². The predicted octanol–water partition coefficient (Wildman–Crippen LogP) is 1.99. The van der Waals surface area contributed by atoms with Crippen molar-refractivity contribution in [2.24, 2.45) is 23.7 Å². The summed E-state index contributed by atoms with van der Waals surface area (Å²) in [5.41, 5.74) is 0. The molecule has 1 aliphatic heterocycles. The first kappa shape index (κ1) is 13.4. The molecular formula is C14H23NO3. The van der Waals surface area contributed by atoms with Crippen LogP contribution in [0, 0.1) is 23.7 Å². The molecule has 1 aliphatic carbocycles. The standard InChI is InChI=1S/C14H23NO3/c1-9-3-5-11(6-4-9)13(16)15-7-10(2)12(8-15)14(17)18/h9-12H,3-8H2,1-2H3,(H,17,18). The molecule has 0 aromatic rings. The first-order chi connectivity index (χ1) is 8.49. The average molecular weight is 253 g/mol. The normalized spacial score (nSPS) is 36.7. The number of rotatable bonds is 2. The molecule has 1 saturated heterocycles. The van der Waals surface area contributed by atoms with Gasteiger partial charge in [-0.15, -0.1) is 0 Å². The lowest BCUT2D eigenvalue weighted by Crippen LogP contribution is -2.36. The lowest BCUT2D eigenvalue weighted by molar-refractivity contribution is -0.142. The zero-order chi connectivity index (χ0) is 13.3. The van der Waals surface area contributed by atoms with Crippen LogP contribution in [-0.4, -0.2) is 35.0 Å². The van der Waals surface area contributed by atoms with Gasteiger partial charge in [0.05, 0.1) is 5.92 Å². The van der Waals surface area contributed by atoms with Gasteiger partial charge in [0, 0.05) is 19.0 Å². The fourth-order valence-electron chi connectivity index (χ4n) is 3.23. The fraction of sp³-hybridized carbons (Fsp3) is 0.857. The second-order valence-corrected chi connectivity index (χ2v) is 6.12. The van der Waals surface area contributed by atoms with Crippen molar-refractivity contribution in [1.29, 1.82) is 0 Å². The highest BCUT2D eigenvalue weighted by Gasteiger charge is 2.39. The van der Waals surface area contributed by atoms with Crippen LogP contribution in [0.3, 0.4) is 0 Å². The number of amides is 1. The smallest absolute Gasteiger partial charge is 0.308 e. The Kier molecular flexibility index (Phi) is 3.93. The van der Waals surface area contributed by atoms with E-state index in [4.69, 9.17) is 5.11 Å². The van der Waals surface area contributed by atoms with Gasteiger partial charge in [-0.25, -0.2) is 0 Å². The lowest BCUT2D eigenvalue weighted by Gasteiger charge is -2.29. The van der Waals surface area contributed by atoms with E-state index >= 15 is 0 Å². The molecule has 2 aliphatic rings. The molecule has 2 atom stereocenters. The Bertz CT molecular complexity index is 334. The quantitative estimate of drug-likeness (QED) is 0.818. The summed E-state index contributed by atoms with van der Waals surface area (Å²) in [7, 11) is 0. The highest BCUT2D eigenvalue weighted by Crippen LogP contribution is 2.32. The maximum absolute atomic E-state index is 12.4.